The molecule has 0 saturated carbocycles. The van der Waals surface area contributed by atoms with E-state index in [0.29, 0.717) is 0 Å². The van der Waals surface area contributed by atoms with Crippen LogP contribution in [0.2, 0.25) is 0 Å². The topological polar surface area (TPSA) is 52.6 Å². The highest BCUT2D eigenvalue weighted by Crippen LogP contribution is 2.36. The van der Waals surface area contributed by atoms with Crippen LogP contribution in [0.1, 0.15) is 0 Å². The standard InChI is InChI=1S/C17H14N2O3S/c1-20-13-4-2-3-11(7-13)14-9-23-17(19-14)18-12-5-6-15-16(8-12)22-10-21-15/h2-9H,10H2,1H3,(H,18,19). The summed E-state index contributed by atoms with van der Waals surface area (Å²) in [7, 11) is 1.66. The molecule has 23 heavy (non-hydrogen) atoms. The van der Waals surface area contributed by atoms with Crippen LogP contribution in [0.3, 0.4) is 0 Å². The second-order valence-corrected chi connectivity index (χ2v) is 5.82. The van der Waals surface area contributed by atoms with Gasteiger partial charge in [0.25, 0.3) is 0 Å². The summed E-state index contributed by atoms with van der Waals surface area (Å²) in [5.74, 6) is 2.34. The fourth-order valence-electron chi connectivity index (χ4n) is 2.34. The largest absolute Gasteiger partial charge is 0.497 e. The van der Waals surface area contributed by atoms with Crippen LogP contribution in [0, 0.1) is 0 Å². The smallest absolute Gasteiger partial charge is 0.231 e. The first kappa shape index (κ1) is 13.9. The molecule has 1 N–H and O–H groups in total. The van der Waals surface area contributed by atoms with E-state index in [0.717, 1.165) is 39.3 Å². The molecule has 6 heteroatoms. The molecule has 116 valence electrons. The summed E-state index contributed by atoms with van der Waals surface area (Å²) in [4.78, 5) is 4.62. The lowest BCUT2D eigenvalue weighted by molar-refractivity contribution is 0.174. The van der Waals surface area contributed by atoms with E-state index in [1.807, 2.05) is 47.8 Å². The van der Waals surface area contributed by atoms with Gasteiger partial charge < -0.3 is 19.5 Å². The van der Waals surface area contributed by atoms with Gasteiger partial charge in [-0.3, -0.25) is 0 Å². The van der Waals surface area contributed by atoms with Gasteiger partial charge in [0.1, 0.15) is 5.75 Å². The number of hydrogen-bond acceptors (Lipinski definition) is 6. The van der Waals surface area contributed by atoms with Gasteiger partial charge in [0.15, 0.2) is 16.6 Å². The molecule has 0 amide bonds. The SMILES string of the molecule is COc1cccc(-c2csc(Nc3ccc4c(c3)OCO4)n2)c1. The normalized spacial score (nSPS) is 12.2. The van der Waals surface area contributed by atoms with Crippen molar-refractivity contribution in [1.82, 2.24) is 4.98 Å². The van der Waals surface area contributed by atoms with Crippen molar-refractivity contribution in [2.75, 3.05) is 19.2 Å². The van der Waals surface area contributed by atoms with Crippen molar-refractivity contribution >= 4 is 22.2 Å². The summed E-state index contributed by atoms with van der Waals surface area (Å²) in [6.07, 6.45) is 0. The van der Waals surface area contributed by atoms with Crippen LogP contribution in [-0.4, -0.2) is 18.9 Å². The van der Waals surface area contributed by atoms with E-state index in [2.05, 4.69) is 10.3 Å². The van der Waals surface area contributed by atoms with Crippen molar-refractivity contribution in [2.24, 2.45) is 0 Å². The van der Waals surface area contributed by atoms with Gasteiger partial charge in [0, 0.05) is 22.7 Å². The maximum absolute atomic E-state index is 5.38. The monoisotopic (exact) mass is 326 g/mol. The molecule has 0 fully saturated rings. The van der Waals surface area contributed by atoms with Crippen molar-refractivity contribution in [3.8, 4) is 28.5 Å². The highest BCUT2D eigenvalue weighted by Gasteiger charge is 2.14. The van der Waals surface area contributed by atoms with Crippen LogP contribution in [-0.2, 0) is 0 Å². The molecule has 2 aromatic carbocycles. The Labute approximate surface area is 137 Å². The predicted molar refractivity (Wildman–Crippen MR) is 89.9 cm³/mol. The van der Waals surface area contributed by atoms with Crippen LogP contribution in [0.25, 0.3) is 11.3 Å². The average Bonchev–Trinajstić information content (AvgIpc) is 3.24. The van der Waals surface area contributed by atoms with Crippen LogP contribution < -0.4 is 19.5 Å². The third kappa shape index (κ3) is 2.80. The summed E-state index contributed by atoms with van der Waals surface area (Å²) in [5, 5.41) is 6.13. The van der Waals surface area contributed by atoms with Gasteiger partial charge in [-0.2, -0.15) is 0 Å². The van der Waals surface area contributed by atoms with Gasteiger partial charge in [0.2, 0.25) is 6.79 Å². The molecule has 1 aromatic heterocycles. The lowest BCUT2D eigenvalue weighted by Crippen LogP contribution is -1.93. The fraction of sp³-hybridized carbons (Fsp3) is 0.118. The Morgan fingerprint density at radius 3 is 2.96 bits per heavy atom. The zero-order chi connectivity index (χ0) is 15.6. The molecule has 0 unspecified atom stereocenters. The average molecular weight is 326 g/mol. The van der Waals surface area contributed by atoms with Gasteiger partial charge >= 0.3 is 0 Å². The molecule has 4 rings (SSSR count). The molecular formula is C17H14N2O3S. The number of ether oxygens (including phenoxy) is 3. The predicted octanol–water partition coefficient (Wildman–Crippen LogP) is 4.29. The van der Waals surface area contributed by atoms with Gasteiger partial charge in [-0.05, 0) is 24.3 Å². The Balaban J connectivity index is 1.56. The second-order valence-electron chi connectivity index (χ2n) is 4.96. The van der Waals surface area contributed by atoms with Crippen molar-refractivity contribution in [2.45, 2.75) is 0 Å². The molecule has 0 saturated heterocycles. The Morgan fingerprint density at radius 2 is 2.04 bits per heavy atom. The van der Waals surface area contributed by atoms with Gasteiger partial charge in [-0.25, -0.2) is 4.98 Å². The van der Waals surface area contributed by atoms with Crippen LogP contribution in [0.15, 0.2) is 47.8 Å². The zero-order valence-corrected chi connectivity index (χ0v) is 13.2. The van der Waals surface area contributed by atoms with Crippen molar-refractivity contribution in [1.29, 1.82) is 0 Å². The van der Waals surface area contributed by atoms with E-state index < -0.39 is 0 Å². The Morgan fingerprint density at radius 1 is 1.13 bits per heavy atom. The van der Waals surface area contributed by atoms with E-state index >= 15 is 0 Å². The minimum atomic E-state index is 0.274. The molecule has 1 aliphatic rings. The third-order valence-electron chi connectivity index (χ3n) is 3.49. The molecule has 0 aliphatic carbocycles. The van der Waals surface area contributed by atoms with E-state index in [-0.39, 0.29) is 6.79 Å². The molecule has 0 bridgehead atoms. The van der Waals surface area contributed by atoms with Crippen LogP contribution in [0.4, 0.5) is 10.8 Å². The maximum Gasteiger partial charge on any atom is 0.231 e. The number of hydrogen-bond donors (Lipinski definition) is 1. The summed E-state index contributed by atoms with van der Waals surface area (Å²) in [6, 6.07) is 13.6. The Bertz CT molecular complexity index is 847. The lowest BCUT2D eigenvalue weighted by atomic mass is 10.2. The highest BCUT2D eigenvalue weighted by atomic mass is 32.1. The molecule has 0 atom stereocenters. The van der Waals surface area contributed by atoms with E-state index in [1.165, 1.54) is 0 Å². The minimum Gasteiger partial charge on any atom is -0.497 e. The number of thiazole rings is 1. The van der Waals surface area contributed by atoms with E-state index in [9.17, 15) is 0 Å². The van der Waals surface area contributed by atoms with Crippen LogP contribution >= 0.6 is 11.3 Å². The lowest BCUT2D eigenvalue weighted by Gasteiger charge is -2.04. The van der Waals surface area contributed by atoms with E-state index in [4.69, 9.17) is 14.2 Å². The maximum atomic E-state index is 5.38. The summed E-state index contributed by atoms with van der Waals surface area (Å²) < 4.78 is 16.0. The first-order chi connectivity index (χ1) is 11.3. The highest BCUT2D eigenvalue weighted by molar-refractivity contribution is 7.14. The van der Waals surface area contributed by atoms with Gasteiger partial charge in [-0.15, -0.1) is 11.3 Å². The molecule has 0 spiro atoms. The minimum absolute atomic E-state index is 0.274. The number of fused-ring (bicyclic) bond motifs is 1. The summed E-state index contributed by atoms with van der Waals surface area (Å²) in [5.41, 5.74) is 2.86. The van der Waals surface area contributed by atoms with Crippen molar-refractivity contribution in [3.05, 3.63) is 47.8 Å². The number of nitrogens with zero attached hydrogens (tertiary/aromatic N) is 1. The quantitative estimate of drug-likeness (QED) is 0.775. The number of methoxy groups -OCH3 is 1. The molecule has 1 aliphatic heterocycles. The fourth-order valence-corrected chi connectivity index (χ4v) is 3.08. The number of rotatable bonds is 4. The van der Waals surface area contributed by atoms with Crippen molar-refractivity contribution in [3.63, 3.8) is 0 Å². The second kappa shape index (κ2) is 5.81. The van der Waals surface area contributed by atoms with Crippen LogP contribution in [0.5, 0.6) is 17.2 Å². The molecule has 5 nitrogen and oxygen atoms in total. The molecular weight excluding hydrogens is 312 g/mol. The summed E-state index contributed by atoms with van der Waals surface area (Å²) >= 11 is 1.55. The molecule has 2 heterocycles. The first-order valence-corrected chi connectivity index (χ1v) is 7.96. The number of benzene rings is 2. The van der Waals surface area contributed by atoms with Gasteiger partial charge in [-0.1, -0.05) is 12.1 Å². The van der Waals surface area contributed by atoms with Crippen molar-refractivity contribution < 1.29 is 14.2 Å². The Kier molecular flexibility index (Phi) is 3.51. The first-order valence-electron chi connectivity index (χ1n) is 7.08. The summed E-state index contributed by atoms with van der Waals surface area (Å²) in [6.45, 7) is 0.274. The van der Waals surface area contributed by atoms with Gasteiger partial charge in [0.05, 0.1) is 12.8 Å². The Hall–Kier alpha value is -2.73. The molecule has 3 aromatic rings. The third-order valence-corrected chi connectivity index (χ3v) is 4.25. The molecule has 0 radical (unpaired) electrons. The zero-order valence-electron chi connectivity index (χ0n) is 12.4. The number of nitrogens with one attached hydrogen (secondary N) is 1. The van der Waals surface area contributed by atoms with E-state index in [1.54, 1.807) is 18.4 Å². The number of aromatic nitrogens is 1. The number of anilines is 2.